The molecule has 4 heteroatoms. The van der Waals surface area contributed by atoms with Gasteiger partial charge in [-0.3, -0.25) is 0 Å². The molecule has 0 fully saturated rings. The molecule has 0 aliphatic carbocycles. The molecule has 0 aliphatic rings. The summed E-state index contributed by atoms with van der Waals surface area (Å²) in [7, 11) is 0. The molecule has 0 atom stereocenters. The molecule has 0 saturated heterocycles. The van der Waals surface area contributed by atoms with Gasteiger partial charge >= 0.3 is 0 Å². The molecule has 7 rings (SSSR count). The highest BCUT2D eigenvalue weighted by atomic mass is 19.1. The van der Waals surface area contributed by atoms with Crippen LogP contribution in [0.3, 0.4) is 0 Å². The molecule has 0 N–H and O–H groups in total. The fourth-order valence-electron chi connectivity index (χ4n) is 5.82. The maximum absolute atomic E-state index is 14.5. The van der Waals surface area contributed by atoms with E-state index in [2.05, 4.69) is 47.4 Å². The average molecular weight is 514 g/mol. The summed E-state index contributed by atoms with van der Waals surface area (Å²) in [6.45, 7) is 0. The Balaban J connectivity index is 1.67. The van der Waals surface area contributed by atoms with E-state index in [9.17, 15) is 14.9 Å². The Morgan fingerprint density at radius 1 is 0.600 bits per heavy atom. The van der Waals surface area contributed by atoms with Gasteiger partial charge in [-0.1, -0.05) is 78.9 Å². The molecule has 3 nitrogen and oxygen atoms in total. The molecule has 0 aromatic heterocycles. The molecular formula is C36H20FN3. The summed E-state index contributed by atoms with van der Waals surface area (Å²) in [6.07, 6.45) is 1.64. The van der Waals surface area contributed by atoms with E-state index in [1.54, 1.807) is 18.2 Å². The van der Waals surface area contributed by atoms with E-state index in [0.717, 1.165) is 65.7 Å². The number of para-hydroxylation sites is 1. The summed E-state index contributed by atoms with van der Waals surface area (Å²) in [4.78, 5) is 2.23. The van der Waals surface area contributed by atoms with Gasteiger partial charge in [-0.05, 0) is 75.0 Å². The van der Waals surface area contributed by atoms with Crippen LogP contribution >= 0.6 is 0 Å². The molecule has 0 amide bonds. The predicted molar refractivity (Wildman–Crippen MR) is 161 cm³/mol. The molecule has 0 unspecified atom stereocenters. The highest BCUT2D eigenvalue weighted by molar-refractivity contribution is 6.27. The standard InChI is InChI=1S/C36H20FN3/c37-28-18-25-13-15-31-27(17-23(21-38)22-39)20-34(32-16-14-26(19-28)35(25)36(31)32)40(29-9-2-1-3-10-29)33-12-6-8-24-7-4-5-11-30(24)33/h1-20H. The first-order valence-electron chi connectivity index (χ1n) is 12.9. The second-order valence-electron chi connectivity index (χ2n) is 9.76. The molecule has 0 spiro atoms. The lowest BCUT2D eigenvalue weighted by Crippen LogP contribution is -2.11. The van der Waals surface area contributed by atoms with Crippen molar-refractivity contribution >= 4 is 66.2 Å². The summed E-state index contributed by atoms with van der Waals surface area (Å²) in [5.74, 6) is -0.288. The quantitative estimate of drug-likeness (QED) is 0.174. The molecule has 0 heterocycles. The van der Waals surface area contributed by atoms with E-state index in [-0.39, 0.29) is 11.4 Å². The molecule has 0 bridgehead atoms. The normalized spacial score (nSPS) is 11.1. The predicted octanol–water partition coefficient (Wildman–Crippen LogP) is 9.78. The number of anilines is 3. The zero-order valence-electron chi connectivity index (χ0n) is 21.3. The molecule has 7 aromatic rings. The van der Waals surface area contributed by atoms with Crippen LogP contribution in [0, 0.1) is 28.5 Å². The zero-order valence-corrected chi connectivity index (χ0v) is 21.3. The minimum atomic E-state index is -0.288. The number of nitriles is 2. The van der Waals surface area contributed by atoms with Crippen molar-refractivity contribution in [1.82, 2.24) is 0 Å². The number of fused-ring (bicyclic) bond motifs is 1. The smallest absolute Gasteiger partial charge is 0.130 e. The van der Waals surface area contributed by atoms with Crippen LogP contribution in [0.1, 0.15) is 5.56 Å². The molecular weight excluding hydrogens is 493 g/mol. The second kappa shape index (κ2) is 9.24. The SMILES string of the molecule is N#CC(C#N)=Cc1cc(N(c2ccccc2)c2cccc3ccccc23)c2ccc3cc(F)cc4ccc1c2c43. The van der Waals surface area contributed by atoms with Crippen molar-refractivity contribution in [1.29, 1.82) is 10.5 Å². The van der Waals surface area contributed by atoms with Gasteiger partial charge in [0.2, 0.25) is 0 Å². The monoisotopic (exact) mass is 513 g/mol. The maximum atomic E-state index is 14.5. The highest BCUT2D eigenvalue weighted by Crippen LogP contribution is 2.47. The largest absolute Gasteiger partial charge is 0.309 e. The maximum Gasteiger partial charge on any atom is 0.130 e. The van der Waals surface area contributed by atoms with Crippen molar-refractivity contribution < 1.29 is 4.39 Å². The van der Waals surface area contributed by atoms with Crippen molar-refractivity contribution in [2.24, 2.45) is 0 Å². The third-order valence-electron chi connectivity index (χ3n) is 7.49. The lowest BCUT2D eigenvalue weighted by Gasteiger charge is -2.29. The summed E-state index contributed by atoms with van der Waals surface area (Å²) in [5.41, 5.74) is 3.64. The van der Waals surface area contributed by atoms with Crippen LogP contribution in [0.25, 0.3) is 49.2 Å². The third-order valence-corrected chi connectivity index (χ3v) is 7.49. The second-order valence-corrected chi connectivity index (χ2v) is 9.76. The number of allylic oxidation sites excluding steroid dienone is 1. The van der Waals surface area contributed by atoms with Crippen molar-refractivity contribution in [3.63, 3.8) is 0 Å². The van der Waals surface area contributed by atoms with Crippen LogP contribution in [-0.2, 0) is 0 Å². The van der Waals surface area contributed by atoms with Crippen LogP contribution in [0.2, 0.25) is 0 Å². The van der Waals surface area contributed by atoms with E-state index in [1.165, 1.54) is 0 Å². The van der Waals surface area contributed by atoms with E-state index in [0.29, 0.717) is 0 Å². The van der Waals surface area contributed by atoms with Gasteiger partial charge in [-0.2, -0.15) is 10.5 Å². The number of halogens is 1. The first kappa shape index (κ1) is 23.4. The number of hydrogen-bond acceptors (Lipinski definition) is 3. The minimum Gasteiger partial charge on any atom is -0.309 e. The Morgan fingerprint density at radius 2 is 1.27 bits per heavy atom. The number of nitrogens with zero attached hydrogens (tertiary/aromatic N) is 3. The lowest BCUT2D eigenvalue weighted by atomic mass is 9.89. The zero-order chi connectivity index (χ0) is 27.2. The van der Waals surface area contributed by atoms with Crippen molar-refractivity contribution in [3.8, 4) is 12.1 Å². The van der Waals surface area contributed by atoms with E-state index in [1.807, 2.05) is 72.8 Å². The van der Waals surface area contributed by atoms with E-state index >= 15 is 0 Å². The van der Waals surface area contributed by atoms with Crippen LogP contribution < -0.4 is 4.90 Å². The van der Waals surface area contributed by atoms with E-state index in [4.69, 9.17) is 0 Å². The average Bonchev–Trinajstić information content (AvgIpc) is 3.00. The van der Waals surface area contributed by atoms with Gasteiger partial charge < -0.3 is 4.90 Å². The Kier molecular flexibility index (Phi) is 5.41. The summed E-state index contributed by atoms with van der Waals surface area (Å²) >= 11 is 0. The van der Waals surface area contributed by atoms with Gasteiger partial charge in [0.25, 0.3) is 0 Å². The van der Waals surface area contributed by atoms with Gasteiger partial charge in [-0.25, -0.2) is 4.39 Å². The van der Waals surface area contributed by atoms with Gasteiger partial charge in [0.05, 0.1) is 11.4 Å². The van der Waals surface area contributed by atoms with Crippen molar-refractivity contribution in [2.45, 2.75) is 0 Å². The number of benzene rings is 7. The third kappa shape index (κ3) is 3.63. The highest BCUT2D eigenvalue weighted by Gasteiger charge is 2.22. The van der Waals surface area contributed by atoms with Gasteiger partial charge in [0.15, 0.2) is 0 Å². The topological polar surface area (TPSA) is 50.8 Å². The van der Waals surface area contributed by atoms with Crippen molar-refractivity contribution in [3.05, 3.63) is 132 Å². The minimum absolute atomic E-state index is 0.0171. The fraction of sp³-hybridized carbons (Fsp3) is 0. The Labute approximate surface area is 230 Å². The van der Waals surface area contributed by atoms with Gasteiger partial charge in [0.1, 0.15) is 23.5 Å². The molecule has 186 valence electrons. The first-order chi connectivity index (χ1) is 19.7. The van der Waals surface area contributed by atoms with Crippen molar-refractivity contribution in [2.75, 3.05) is 4.90 Å². The van der Waals surface area contributed by atoms with Crippen LogP contribution in [-0.4, -0.2) is 0 Å². The summed E-state index contributed by atoms with van der Waals surface area (Å²) in [5, 5.41) is 26.9. The Morgan fingerprint density at radius 3 is 2.02 bits per heavy atom. The first-order valence-corrected chi connectivity index (χ1v) is 12.9. The molecule has 40 heavy (non-hydrogen) atoms. The van der Waals surface area contributed by atoms with Crippen LogP contribution in [0.4, 0.5) is 21.5 Å². The molecule has 7 aromatic carbocycles. The molecule has 0 aliphatic heterocycles. The van der Waals surface area contributed by atoms with E-state index < -0.39 is 0 Å². The molecule has 0 radical (unpaired) electrons. The van der Waals surface area contributed by atoms with Gasteiger partial charge in [0, 0.05) is 21.8 Å². The summed E-state index contributed by atoms with van der Waals surface area (Å²) in [6, 6.07) is 41.7. The Hall–Kier alpha value is -5.71. The number of hydrogen-bond donors (Lipinski definition) is 0. The summed E-state index contributed by atoms with van der Waals surface area (Å²) < 4.78 is 14.5. The van der Waals surface area contributed by atoms with Crippen LogP contribution in [0.5, 0.6) is 0 Å². The lowest BCUT2D eigenvalue weighted by molar-refractivity contribution is 0.631. The molecule has 0 saturated carbocycles. The fourth-order valence-corrected chi connectivity index (χ4v) is 5.82. The number of rotatable bonds is 4. The van der Waals surface area contributed by atoms with Gasteiger partial charge in [-0.15, -0.1) is 0 Å². The Bertz CT molecular complexity index is 2160. The van der Waals surface area contributed by atoms with Crippen LogP contribution in [0.15, 0.2) is 121 Å².